The van der Waals surface area contributed by atoms with Crippen LogP contribution in [0.25, 0.3) is 11.2 Å². The van der Waals surface area contributed by atoms with Crippen molar-refractivity contribution in [3.05, 3.63) is 65.9 Å². The highest BCUT2D eigenvalue weighted by atomic mass is 32.2. The van der Waals surface area contributed by atoms with E-state index in [0.717, 1.165) is 27.4 Å². The number of nitrogens with zero attached hydrogens (tertiary/aromatic N) is 2. The van der Waals surface area contributed by atoms with Gasteiger partial charge in [0.25, 0.3) is 0 Å². The quantitative estimate of drug-likeness (QED) is 0.535. The van der Waals surface area contributed by atoms with Gasteiger partial charge in [-0.25, -0.2) is 4.98 Å². The van der Waals surface area contributed by atoms with Gasteiger partial charge in [-0.1, -0.05) is 44.2 Å². The molecule has 2 heterocycles. The summed E-state index contributed by atoms with van der Waals surface area (Å²) in [7, 11) is 1.62. The Morgan fingerprint density at radius 1 is 1.19 bits per heavy atom. The average Bonchev–Trinajstić information content (AvgIpc) is 2.94. The van der Waals surface area contributed by atoms with Crippen molar-refractivity contribution in [1.29, 1.82) is 0 Å². The van der Waals surface area contributed by atoms with Gasteiger partial charge in [-0.3, -0.25) is 9.20 Å². The molecule has 1 amide bonds. The minimum absolute atomic E-state index is 0.147. The van der Waals surface area contributed by atoms with Crippen LogP contribution in [0.1, 0.15) is 25.0 Å². The van der Waals surface area contributed by atoms with Crippen LogP contribution >= 0.6 is 11.8 Å². The van der Waals surface area contributed by atoms with Gasteiger partial charge < -0.3 is 11.1 Å². The van der Waals surface area contributed by atoms with E-state index >= 15 is 0 Å². The van der Waals surface area contributed by atoms with Gasteiger partial charge in [0.1, 0.15) is 10.7 Å². The number of nitrogens with two attached hydrogens (primary N) is 1. The first-order valence-electron chi connectivity index (χ1n) is 8.43. The van der Waals surface area contributed by atoms with E-state index in [2.05, 4.69) is 24.1 Å². The number of anilines is 1. The minimum Gasteiger partial charge on any atom is -0.381 e. The Bertz CT molecular complexity index is 961. The fraction of sp³-hybridized carbons (Fsp3) is 0.200. The maximum atomic E-state index is 12.0. The van der Waals surface area contributed by atoms with E-state index in [0.29, 0.717) is 11.1 Å². The van der Waals surface area contributed by atoms with Crippen LogP contribution in [0.4, 0.5) is 5.82 Å². The molecular formula is C20H22N4OS. The standard InChI is InChI=1S/C20H22N4OS/c1-13(2)26-20-19(21)23-17-10-9-15(12-24(17)20)16(11-18(25)22-3)14-7-5-4-6-8-14/h4-13H,21H2,1-3H3,(H,22,25)/b16-11+. The average molecular weight is 366 g/mol. The molecule has 0 saturated carbocycles. The number of carbonyl (C=O) groups excluding carboxylic acids is 1. The third-order valence-electron chi connectivity index (χ3n) is 3.86. The first-order valence-corrected chi connectivity index (χ1v) is 9.31. The number of rotatable bonds is 5. The molecule has 2 aromatic heterocycles. The lowest BCUT2D eigenvalue weighted by atomic mass is 9.99. The Balaban J connectivity index is 2.17. The zero-order valence-corrected chi connectivity index (χ0v) is 15.9. The number of nitrogen functional groups attached to an aromatic ring is 1. The molecule has 0 aliphatic rings. The highest BCUT2D eigenvalue weighted by Gasteiger charge is 2.14. The number of hydrogen-bond donors (Lipinski definition) is 2. The van der Waals surface area contributed by atoms with Crippen molar-refractivity contribution >= 4 is 34.7 Å². The van der Waals surface area contributed by atoms with Crippen molar-refractivity contribution in [2.75, 3.05) is 12.8 Å². The van der Waals surface area contributed by atoms with Crippen LogP contribution in [0, 0.1) is 0 Å². The Kier molecular flexibility index (Phi) is 5.32. The topological polar surface area (TPSA) is 72.4 Å². The van der Waals surface area contributed by atoms with E-state index < -0.39 is 0 Å². The lowest BCUT2D eigenvalue weighted by Gasteiger charge is -2.11. The maximum absolute atomic E-state index is 12.0. The molecule has 1 aromatic carbocycles. The molecule has 0 saturated heterocycles. The largest absolute Gasteiger partial charge is 0.381 e. The number of likely N-dealkylation sites (N-methyl/N-ethyl adjacent to an activating group) is 1. The fourth-order valence-electron chi connectivity index (χ4n) is 2.70. The normalized spacial score (nSPS) is 11.9. The van der Waals surface area contributed by atoms with E-state index in [4.69, 9.17) is 5.73 Å². The number of aromatic nitrogens is 2. The van der Waals surface area contributed by atoms with Crippen molar-refractivity contribution in [3.8, 4) is 0 Å². The van der Waals surface area contributed by atoms with Crippen molar-refractivity contribution in [1.82, 2.24) is 14.7 Å². The number of nitrogens with one attached hydrogen (secondary N) is 1. The molecule has 0 fully saturated rings. The number of amides is 1. The molecule has 6 heteroatoms. The SMILES string of the molecule is CNC(=O)/C=C(\c1ccccc1)c1ccc2nc(N)c(SC(C)C)n2c1. The lowest BCUT2D eigenvalue weighted by molar-refractivity contribution is -0.116. The molecule has 0 radical (unpaired) electrons. The van der Waals surface area contributed by atoms with Crippen LogP contribution in [0.15, 0.2) is 59.8 Å². The number of benzene rings is 1. The van der Waals surface area contributed by atoms with E-state index in [1.54, 1.807) is 24.9 Å². The highest BCUT2D eigenvalue weighted by Crippen LogP contribution is 2.31. The summed E-state index contributed by atoms with van der Waals surface area (Å²) in [5.74, 6) is 0.378. The second-order valence-electron chi connectivity index (χ2n) is 6.15. The predicted octanol–water partition coefficient (Wildman–Crippen LogP) is 3.59. The summed E-state index contributed by atoms with van der Waals surface area (Å²) in [6.07, 6.45) is 3.61. The third kappa shape index (κ3) is 3.75. The molecule has 0 bridgehead atoms. The second-order valence-corrected chi connectivity index (χ2v) is 7.72. The predicted molar refractivity (Wildman–Crippen MR) is 108 cm³/mol. The van der Waals surface area contributed by atoms with Gasteiger partial charge in [0, 0.05) is 24.6 Å². The first-order chi connectivity index (χ1) is 12.5. The van der Waals surface area contributed by atoms with Crippen LogP contribution in [-0.4, -0.2) is 27.6 Å². The molecule has 134 valence electrons. The molecule has 3 N–H and O–H groups in total. The lowest BCUT2D eigenvalue weighted by Crippen LogP contribution is -2.15. The molecular weight excluding hydrogens is 344 g/mol. The molecule has 0 aliphatic heterocycles. The molecule has 3 aromatic rings. The minimum atomic E-state index is -0.147. The van der Waals surface area contributed by atoms with E-state index in [-0.39, 0.29) is 5.91 Å². The van der Waals surface area contributed by atoms with Gasteiger partial charge in [-0.05, 0) is 28.8 Å². The van der Waals surface area contributed by atoms with Crippen molar-refractivity contribution < 1.29 is 4.79 Å². The third-order valence-corrected chi connectivity index (χ3v) is 4.97. The van der Waals surface area contributed by atoms with Crippen molar-refractivity contribution in [3.63, 3.8) is 0 Å². The summed E-state index contributed by atoms with van der Waals surface area (Å²) in [4.78, 5) is 16.5. The van der Waals surface area contributed by atoms with Gasteiger partial charge in [-0.2, -0.15) is 0 Å². The molecule has 0 atom stereocenters. The van der Waals surface area contributed by atoms with Gasteiger partial charge in [0.15, 0.2) is 5.82 Å². The first kappa shape index (κ1) is 18.1. The van der Waals surface area contributed by atoms with Gasteiger partial charge in [-0.15, -0.1) is 11.8 Å². The summed E-state index contributed by atoms with van der Waals surface area (Å²) in [5.41, 5.74) is 9.65. The molecule has 3 rings (SSSR count). The molecule has 5 nitrogen and oxygen atoms in total. The number of carbonyl (C=O) groups is 1. The van der Waals surface area contributed by atoms with Crippen LogP contribution in [0.2, 0.25) is 0 Å². The van der Waals surface area contributed by atoms with E-state index in [1.807, 2.05) is 53.1 Å². The number of pyridine rings is 1. The highest BCUT2D eigenvalue weighted by molar-refractivity contribution is 8.00. The van der Waals surface area contributed by atoms with Crippen LogP contribution in [-0.2, 0) is 4.79 Å². The number of imidazole rings is 1. The Morgan fingerprint density at radius 2 is 1.92 bits per heavy atom. The van der Waals surface area contributed by atoms with Gasteiger partial charge in [0.2, 0.25) is 5.91 Å². The number of thioether (sulfide) groups is 1. The van der Waals surface area contributed by atoms with E-state index in [1.165, 1.54) is 0 Å². The summed E-state index contributed by atoms with van der Waals surface area (Å²) < 4.78 is 2.00. The number of hydrogen-bond acceptors (Lipinski definition) is 4. The van der Waals surface area contributed by atoms with Crippen molar-refractivity contribution in [2.45, 2.75) is 24.1 Å². The monoisotopic (exact) mass is 366 g/mol. The summed E-state index contributed by atoms with van der Waals surface area (Å²) >= 11 is 1.67. The number of fused-ring (bicyclic) bond motifs is 1. The van der Waals surface area contributed by atoms with Crippen LogP contribution in [0.3, 0.4) is 0 Å². The Morgan fingerprint density at radius 3 is 2.58 bits per heavy atom. The Hall–Kier alpha value is -2.73. The van der Waals surface area contributed by atoms with E-state index in [9.17, 15) is 4.79 Å². The summed E-state index contributed by atoms with van der Waals surface area (Å²) in [6, 6.07) is 13.7. The smallest absolute Gasteiger partial charge is 0.244 e. The molecule has 0 aliphatic carbocycles. The molecule has 0 spiro atoms. The van der Waals surface area contributed by atoms with Gasteiger partial charge >= 0.3 is 0 Å². The zero-order valence-electron chi connectivity index (χ0n) is 15.1. The van der Waals surface area contributed by atoms with Crippen LogP contribution in [0.5, 0.6) is 0 Å². The maximum Gasteiger partial charge on any atom is 0.244 e. The second kappa shape index (κ2) is 7.66. The van der Waals surface area contributed by atoms with Crippen LogP contribution < -0.4 is 11.1 Å². The zero-order chi connectivity index (χ0) is 18.7. The fourth-order valence-corrected chi connectivity index (χ4v) is 3.57. The molecule has 26 heavy (non-hydrogen) atoms. The Labute approximate surface area is 157 Å². The summed E-state index contributed by atoms with van der Waals surface area (Å²) in [5, 5.41) is 3.96. The summed E-state index contributed by atoms with van der Waals surface area (Å²) in [6.45, 7) is 4.24. The van der Waals surface area contributed by atoms with Gasteiger partial charge in [0.05, 0.1) is 0 Å². The van der Waals surface area contributed by atoms with Crippen molar-refractivity contribution in [2.24, 2.45) is 0 Å². The molecule has 0 unspecified atom stereocenters.